The van der Waals surface area contributed by atoms with Crippen molar-refractivity contribution in [2.45, 2.75) is 32.2 Å². The van der Waals surface area contributed by atoms with Gasteiger partial charge in [-0.05, 0) is 32.1 Å². The normalized spacial score (nSPS) is 19.6. The zero-order chi connectivity index (χ0) is 19.8. The maximum Gasteiger partial charge on any atom is 0.191 e. The minimum absolute atomic E-state index is 0.349. The fraction of sp³-hybridized carbons (Fsp3) is 0.667. The first-order valence-corrected chi connectivity index (χ1v) is 10.3. The van der Waals surface area contributed by atoms with Crippen molar-refractivity contribution in [1.29, 1.82) is 0 Å². The molecule has 1 aromatic carbocycles. The molecule has 2 fully saturated rings. The predicted octanol–water partition coefficient (Wildman–Crippen LogP) is 2.26. The highest BCUT2D eigenvalue weighted by molar-refractivity contribution is 5.80. The summed E-state index contributed by atoms with van der Waals surface area (Å²) in [7, 11) is 3.36. The molecule has 7 nitrogen and oxygen atoms in total. The van der Waals surface area contributed by atoms with Crippen LogP contribution in [0.15, 0.2) is 23.2 Å². The molecule has 2 aliphatic rings. The maximum atomic E-state index is 5.68. The number of nitrogens with zero attached hydrogens (tertiary/aromatic N) is 2. The summed E-state index contributed by atoms with van der Waals surface area (Å²) in [6.07, 6.45) is 3.71. The maximum absolute atomic E-state index is 5.68. The van der Waals surface area contributed by atoms with Crippen LogP contribution in [-0.4, -0.2) is 65.6 Å². The number of hydrogen-bond acceptors (Lipinski definition) is 5. The van der Waals surface area contributed by atoms with E-state index in [0.717, 1.165) is 61.7 Å². The monoisotopic (exact) mass is 390 g/mol. The van der Waals surface area contributed by atoms with E-state index >= 15 is 0 Å². The van der Waals surface area contributed by atoms with E-state index < -0.39 is 0 Å². The van der Waals surface area contributed by atoms with E-state index in [0.29, 0.717) is 19.2 Å². The number of rotatable bonds is 10. The van der Waals surface area contributed by atoms with Crippen molar-refractivity contribution >= 4 is 11.6 Å². The van der Waals surface area contributed by atoms with Gasteiger partial charge in [0.15, 0.2) is 5.96 Å². The molecule has 7 heteroatoms. The molecule has 1 heterocycles. The lowest BCUT2D eigenvalue weighted by molar-refractivity contribution is 0.131. The van der Waals surface area contributed by atoms with E-state index in [1.165, 1.54) is 12.8 Å². The molecule has 28 heavy (non-hydrogen) atoms. The van der Waals surface area contributed by atoms with Crippen LogP contribution in [0.5, 0.6) is 11.5 Å². The molecule has 0 amide bonds. The number of benzene rings is 1. The molecule has 1 atom stereocenters. The van der Waals surface area contributed by atoms with Crippen molar-refractivity contribution < 1.29 is 14.2 Å². The van der Waals surface area contributed by atoms with E-state index in [-0.39, 0.29) is 0 Å². The Morgan fingerprint density at radius 3 is 2.54 bits per heavy atom. The molecule has 1 saturated heterocycles. The standard InChI is InChI=1S/C21H34N4O3/c1-4-22-21(23-8-10-28-15-16-5-6-16)24-17-7-9-25(14-17)18-11-19(26-2)13-20(12-18)27-3/h11-13,16-17H,4-10,14-15H2,1-3H3,(H2,22,23,24). The van der Waals surface area contributed by atoms with Gasteiger partial charge in [0.25, 0.3) is 0 Å². The lowest BCUT2D eigenvalue weighted by atomic mass is 10.2. The number of nitrogens with one attached hydrogen (secondary N) is 2. The van der Waals surface area contributed by atoms with Gasteiger partial charge >= 0.3 is 0 Å². The van der Waals surface area contributed by atoms with Crippen molar-refractivity contribution in [3.8, 4) is 11.5 Å². The first kappa shape index (κ1) is 20.6. The second-order valence-electron chi connectivity index (χ2n) is 7.43. The second-order valence-corrected chi connectivity index (χ2v) is 7.43. The molecular weight excluding hydrogens is 356 g/mol. The molecule has 2 N–H and O–H groups in total. The Balaban J connectivity index is 1.51. The van der Waals surface area contributed by atoms with Gasteiger partial charge in [-0.3, -0.25) is 4.99 Å². The highest BCUT2D eigenvalue weighted by Gasteiger charge is 2.24. The van der Waals surface area contributed by atoms with Gasteiger partial charge in [0, 0.05) is 56.2 Å². The number of guanidine groups is 1. The van der Waals surface area contributed by atoms with Crippen LogP contribution in [0.1, 0.15) is 26.2 Å². The summed E-state index contributed by atoms with van der Waals surface area (Å²) in [6, 6.07) is 6.36. The molecule has 0 bridgehead atoms. The van der Waals surface area contributed by atoms with Gasteiger partial charge in [0.05, 0.1) is 27.4 Å². The molecule has 0 spiro atoms. The van der Waals surface area contributed by atoms with Crippen LogP contribution in [0.4, 0.5) is 5.69 Å². The third-order valence-corrected chi connectivity index (χ3v) is 5.13. The van der Waals surface area contributed by atoms with E-state index in [4.69, 9.17) is 14.2 Å². The largest absolute Gasteiger partial charge is 0.497 e. The predicted molar refractivity (Wildman–Crippen MR) is 113 cm³/mol. The summed E-state index contributed by atoms with van der Waals surface area (Å²) < 4.78 is 16.5. The van der Waals surface area contributed by atoms with Crippen molar-refractivity contribution in [3.05, 3.63) is 18.2 Å². The Labute approximate surface area is 168 Å². The number of hydrogen-bond donors (Lipinski definition) is 2. The summed E-state index contributed by atoms with van der Waals surface area (Å²) in [4.78, 5) is 7.01. The average Bonchev–Trinajstić information content (AvgIpc) is 3.43. The summed E-state index contributed by atoms with van der Waals surface area (Å²) in [5.41, 5.74) is 1.12. The van der Waals surface area contributed by atoms with E-state index in [9.17, 15) is 0 Å². The third kappa shape index (κ3) is 6.19. The van der Waals surface area contributed by atoms with E-state index in [2.05, 4.69) is 39.6 Å². The van der Waals surface area contributed by atoms with Gasteiger partial charge in [0.2, 0.25) is 0 Å². The van der Waals surface area contributed by atoms with Gasteiger partial charge in [0.1, 0.15) is 11.5 Å². The molecule has 1 saturated carbocycles. The molecule has 156 valence electrons. The van der Waals surface area contributed by atoms with Crippen LogP contribution in [0, 0.1) is 5.92 Å². The molecular formula is C21H34N4O3. The average molecular weight is 391 g/mol. The molecule has 1 aliphatic heterocycles. The van der Waals surface area contributed by atoms with Crippen LogP contribution < -0.4 is 25.0 Å². The fourth-order valence-electron chi connectivity index (χ4n) is 3.36. The topological polar surface area (TPSA) is 67.4 Å². The Kier molecular flexibility index (Phi) is 7.65. The summed E-state index contributed by atoms with van der Waals surface area (Å²) >= 11 is 0. The van der Waals surface area contributed by atoms with Gasteiger partial charge in [-0.2, -0.15) is 0 Å². The molecule has 0 aromatic heterocycles. The van der Waals surface area contributed by atoms with Crippen molar-refractivity contribution in [2.24, 2.45) is 10.9 Å². The molecule has 0 radical (unpaired) electrons. The Bertz CT molecular complexity index is 626. The third-order valence-electron chi connectivity index (χ3n) is 5.13. The molecule has 3 rings (SSSR count). The van der Waals surface area contributed by atoms with E-state index in [1.807, 2.05) is 6.07 Å². The van der Waals surface area contributed by atoms with Crippen molar-refractivity contribution in [2.75, 3.05) is 58.5 Å². The zero-order valence-electron chi connectivity index (χ0n) is 17.4. The number of anilines is 1. The molecule has 1 unspecified atom stereocenters. The van der Waals surface area contributed by atoms with Crippen LogP contribution in [0.3, 0.4) is 0 Å². The van der Waals surface area contributed by atoms with Crippen molar-refractivity contribution in [1.82, 2.24) is 10.6 Å². The van der Waals surface area contributed by atoms with Crippen molar-refractivity contribution in [3.63, 3.8) is 0 Å². The van der Waals surface area contributed by atoms with E-state index in [1.54, 1.807) is 14.2 Å². The van der Waals surface area contributed by atoms with Gasteiger partial charge < -0.3 is 29.7 Å². The number of methoxy groups -OCH3 is 2. The van der Waals surface area contributed by atoms with Gasteiger partial charge in [-0.25, -0.2) is 0 Å². The van der Waals surface area contributed by atoms with Crippen LogP contribution in [-0.2, 0) is 4.74 Å². The fourth-order valence-corrected chi connectivity index (χ4v) is 3.36. The number of aliphatic imine (C=N–C) groups is 1. The second kappa shape index (κ2) is 10.4. The SMILES string of the molecule is CCNC(=NCCOCC1CC1)NC1CCN(c2cc(OC)cc(OC)c2)C1. The zero-order valence-corrected chi connectivity index (χ0v) is 17.4. The highest BCUT2D eigenvalue weighted by atomic mass is 16.5. The Morgan fingerprint density at radius 1 is 1.14 bits per heavy atom. The molecule has 1 aliphatic carbocycles. The first-order valence-electron chi connectivity index (χ1n) is 10.3. The highest BCUT2D eigenvalue weighted by Crippen LogP contribution is 2.30. The summed E-state index contributed by atoms with van der Waals surface area (Å²) in [5.74, 6) is 3.29. The Hall–Kier alpha value is -2.15. The minimum atomic E-state index is 0.349. The molecule has 1 aromatic rings. The van der Waals surface area contributed by atoms with Crippen LogP contribution >= 0.6 is 0 Å². The smallest absolute Gasteiger partial charge is 0.191 e. The summed E-state index contributed by atoms with van der Waals surface area (Å²) in [5, 5.41) is 6.90. The lowest BCUT2D eigenvalue weighted by Gasteiger charge is -2.21. The number of ether oxygens (including phenoxy) is 3. The van der Waals surface area contributed by atoms with Crippen LogP contribution in [0.2, 0.25) is 0 Å². The minimum Gasteiger partial charge on any atom is -0.497 e. The quantitative estimate of drug-likeness (QED) is 0.363. The lowest BCUT2D eigenvalue weighted by Crippen LogP contribution is -2.44. The van der Waals surface area contributed by atoms with Gasteiger partial charge in [-0.15, -0.1) is 0 Å². The summed E-state index contributed by atoms with van der Waals surface area (Å²) in [6.45, 7) is 7.10. The first-order chi connectivity index (χ1) is 13.7. The van der Waals surface area contributed by atoms with Crippen LogP contribution in [0.25, 0.3) is 0 Å². The van der Waals surface area contributed by atoms with Gasteiger partial charge in [-0.1, -0.05) is 0 Å². The Morgan fingerprint density at radius 2 is 1.89 bits per heavy atom.